The molecule has 3 heteroatoms. The number of ether oxygens (including phenoxy) is 2. The zero-order valence-electron chi connectivity index (χ0n) is 8.82. The topological polar surface area (TPSA) is 38.7 Å². The van der Waals surface area contributed by atoms with E-state index in [4.69, 9.17) is 9.47 Å². The average Bonchev–Trinajstić information content (AvgIpc) is 2.20. The maximum absolute atomic E-state index is 9.47. The highest BCUT2D eigenvalue weighted by atomic mass is 16.7. The first-order valence-corrected chi connectivity index (χ1v) is 5.38. The maximum Gasteiger partial charge on any atom is 0.147 e. The van der Waals surface area contributed by atoms with E-state index in [2.05, 4.69) is 13.0 Å². The molecule has 1 N–H and O–H groups in total. The van der Waals surface area contributed by atoms with Crippen molar-refractivity contribution in [2.75, 3.05) is 13.4 Å². The molecule has 0 aromatic heterocycles. The van der Waals surface area contributed by atoms with E-state index in [0.717, 1.165) is 6.42 Å². The summed E-state index contributed by atoms with van der Waals surface area (Å²) in [6, 6.07) is 0. The second kappa shape index (κ2) is 6.98. The lowest BCUT2D eigenvalue weighted by Crippen LogP contribution is -2.37. The third-order valence-electron chi connectivity index (χ3n) is 2.31. The molecule has 0 radical (unpaired) electrons. The van der Waals surface area contributed by atoms with E-state index in [0.29, 0.717) is 13.4 Å². The van der Waals surface area contributed by atoms with Crippen LogP contribution in [-0.2, 0) is 9.47 Å². The molecule has 0 saturated carbocycles. The lowest BCUT2D eigenvalue weighted by molar-refractivity contribution is -0.177. The van der Waals surface area contributed by atoms with E-state index in [-0.39, 0.29) is 6.10 Å². The molecule has 2 atom stereocenters. The predicted octanol–water partition coefficient (Wildman–Crippen LogP) is 1.86. The van der Waals surface area contributed by atoms with Crippen LogP contribution in [0.3, 0.4) is 0 Å². The number of hydrogen-bond donors (Lipinski definition) is 1. The maximum atomic E-state index is 9.47. The monoisotopic (exact) mass is 200 g/mol. The number of hydrogen-bond acceptors (Lipinski definition) is 3. The Morgan fingerprint density at radius 1 is 1.43 bits per heavy atom. The molecule has 1 rings (SSSR count). The Labute approximate surface area is 85.7 Å². The summed E-state index contributed by atoms with van der Waals surface area (Å²) in [4.78, 5) is 0. The molecule has 1 fully saturated rings. The smallest absolute Gasteiger partial charge is 0.147 e. The SMILES string of the molecule is CCCCC/C=C\[C@@H]1OCOC[C@@H]1O. The van der Waals surface area contributed by atoms with Crippen molar-refractivity contribution < 1.29 is 14.6 Å². The summed E-state index contributed by atoms with van der Waals surface area (Å²) in [5.74, 6) is 0. The van der Waals surface area contributed by atoms with Crippen LogP contribution in [0.2, 0.25) is 0 Å². The Morgan fingerprint density at radius 2 is 2.29 bits per heavy atom. The molecular formula is C11H20O3. The number of rotatable bonds is 5. The first kappa shape index (κ1) is 11.7. The van der Waals surface area contributed by atoms with Gasteiger partial charge >= 0.3 is 0 Å². The Hall–Kier alpha value is -0.380. The van der Waals surface area contributed by atoms with Crippen LogP contribution in [0.25, 0.3) is 0 Å². The third-order valence-corrected chi connectivity index (χ3v) is 2.31. The van der Waals surface area contributed by atoms with Gasteiger partial charge in [0.1, 0.15) is 19.0 Å². The van der Waals surface area contributed by atoms with Crippen molar-refractivity contribution >= 4 is 0 Å². The van der Waals surface area contributed by atoms with Gasteiger partial charge in [0.15, 0.2) is 0 Å². The summed E-state index contributed by atoms with van der Waals surface area (Å²) in [5.41, 5.74) is 0. The zero-order chi connectivity index (χ0) is 10.2. The van der Waals surface area contributed by atoms with Crippen LogP contribution in [-0.4, -0.2) is 30.7 Å². The van der Waals surface area contributed by atoms with Crippen LogP contribution in [0.5, 0.6) is 0 Å². The van der Waals surface area contributed by atoms with Crippen molar-refractivity contribution in [2.45, 2.75) is 44.8 Å². The zero-order valence-corrected chi connectivity index (χ0v) is 8.82. The summed E-state index contributed by atoms with van der Waals surface area (Å²) in [7, 11) is 0. The predicted molar refractivity (Wildman–Crippen MR) is 55.0 cm³/mol. The van der Waals surface area contributed by atoms with Crippen LogP contribution in [0.4, 0.5) is 0 Å². The van der Waals surface area contributed by atoms with Gasteiger partial charge in [-0.3, -0.25) is 0 Å². The molecule has 1 aliphatic heterocycles. The average molecular weight is 200 g/mol. The fraction of sp³-hybridized carbons (Fsp3) is 0.818. The summed E-state index contributed by atoms with van der Waals surface area (Å²) >= 11 is 0. The minimum Gasteiger partial charge on any atom is -0.388 e. The minimum atomic E-state index is -0.508. The van der Waals surface area contributed by atoms with Crippen molar-refractivity contribution in [3.8, 4) is 0 Å². The molecule has 1 saturated heterocycles. The van der Waals surface area contributed by atoms with Crippen molar-refractivity contribution in [3.63, 3.8) is 0 Å². The van der Waals surface area contributed by atoms with E-state index in [1.54, 1.807) is 0 Å². The van der Waals surface area contributed by atoms with E-state index >= 15 is 0 Å². The molecule has 0 bridgehead atoms. The van der Waals surface area contributed by atoms with E-state index < -0.39 is 6.10 Å². The first-order valence-electron chi connectivity index (χ1n) is 5.38. The lowest BCUT2D eigenvalue weighted by Gasteiger charge is -2.25. The van der Waals surface area contributed by atoms with Crippen LogP contribution in [0.1, 0.15) is 32.6 Å². The molecular weight excluding hydrogens is 180 g/mol. The van der Waals surface area contributed by atoms with E-state index in [9.17, 15) is 5.11 Å². The fourth-order valence-corrected chi connectivity index (χ4v) is 1.43. The second-order valence-corrected chi connectivity index (χ2v) is 3.61. The largest absolute Gasteiger partial charge is 0.388 e. The van der Waals surface area contributed by atoms with Crippen molar-refractivity contribution in [1.82, 2.24) is 0 Å². The summed E-state index contributed by atoms with van der Waals surface area (Å²) in [5, 5.41) is 9.47. The Kier molecular flexibility index (Phi) is 5.83. The van der Waals surface area contributed by atoms with Gasteiger partial charge in [-0.05, 0) is 12.8 Å². The molecule has 14 heavy (non-hydrogen) atoms. The number of aliphatic hydroxyl groups is 1. The van der Waals surface area contributed by atoms with Crippen molar-refractivity contribution in [1.29, 1.82) is 0 Å². The Morgan fingerprint density at radius 3 is 3.00 bits per heavy atom. The van der Waals surface area contributed by atoms with Crippen LogP contribution >= 0.6 is 0 Å². The highest BCUT2D eigenvalue weighted by Crippen LogP contribution is 2.09. The van der Waals surface area contributed by atoms with Gasteiger partial charge in [-0.1, -0.05) is 31.9 Å². The number of unbranched alkanes of at least 4 members (excludes halogenated alkanes) is 3. The van der Waals surface area contributed by atoms with Gasteiger partial charge in [-0.15, -0.1) is 0 Å². The molecule has 0 amide bonds. The van der Waals surface area contributed by atoms with Gasteiger partial charge in [-0.25, -0.2) is 0 Å². The van der Waals surface area contributed by atoms with Gasteiger partial charge < -0.3 is 14.6 Å². The molecule has 0 aliphatic carbocycles. The molecule has 0 unspecified atom stereocenters. The van der Waals surface area contributed by atoms with Gasteiger partial charge in [0.05, 0.1) is 6.61 Å². The van der Waals surface area contributed by atoms with E-state index in [1.165, 1.54) is 19.3 Å². The van der Waals surface area contributed by atoms with Crippen LogP contribution in [0, 0.1) is 0 Å². The first-order chi connectivity index (χ1) is 6.84. The molecule has 1 aliphatic rings. The highest BCUT2D eigenvalue weighted by Gasteiger charge is 2.21. The van der Waals surface area contributed by atoms with Crippen LogP contribution < -0.4 is 0 Å². The molecule has 82 valence electrons. The van der Waals surface area contributed by atoms with Gasteiger partial charge in [0.2, 0.25) is 0 Å². The third kappa shape index (κ3) is 4.22. The summed E-state index contributed by atoms with van der Waals surface area (Å²) in [6.45, 7) is 2.86. The molecule has 3 nitrogen and oxygen atoms in total. The van der Waals surface area contributed by atoms with Gasteiger partial charge in [0, 0.05) is 0 Å². The second-order valence-electron chi connectivity index (χ2n) is 3.61. The van der Waals surface area contributed by atoms with Crippen LogP contribution in [0.15, 0.2) is 12.2 Å². The van der Waals surface area contributed by atoms with Gasteiger partial charge in [-0.2, -0.15) is 0 Å². The van der Waals surface area contributed by atoms with Crippen molar-refractivity contribution in [3.05, 3.63) is 12.2 Å². The van der Waals surface area contributed by atoms with Gasteiger partial charge in [0.25, 0.3) is 0 Å². The number of allylic oxidation sites excluding steroid dienone is 1. The fourth-order valence-electron chi connectivity index (χ4n) is 1.43. The van der Waals surface area contributed by atoms with Crippen molar-refractivity contribution in [2.24, 2.45) is 0 Å². The van der Waals surface area contributed by atoms with E-state index in [1.807, 2.05) is 6.08 Å². The molecule has 0 aromatic carbocycles. The molecule has 1 heterocycles. The summed E-state index contributed by atoms with van der Waals surface area (Å²) < 4.78 is 10.2. The normalized spacial score (nSPS) is 28.4. The standard InChI is InChI=1S/C11H20O3/c1-2-3-4-5-6-7-11-10(12)8-13-9-14-11/h6-7,10-12H,2-5,8-9H2,1H3/b7-6-/t10-,11-/m0/s1. The summed E-state index contributed by atoms with van der Waals surface area (Å²) in [6.07, 6.45) is 8.15. The Balaban J connectivity index is 2.14. The molecule has 0 spiro atoms. The quantitative estimate of drug-likeness (QED) is 0.544. The Bertz CT molecular complexity index is 168. The highest BCUT2D eigenvalue weighted by molar-refractivity contribution is 4.94. The molecule has 0 aromatic rings. The lowest BCUT2D eigenvalue weighted by atomic mass is 10.1. The number of aliphatic hydroxyl groups excluding tert-OH is 1. The minimum absolute atomic E-state index is 0.176.